The highest BCUT2D eigenvalue weighted by Gasteiger charge is 2.37. The van der Waals surface area contributed by atoms with Gasteiger partial charge in [0.15, 0.2) is 11.5 Å². The Bertz CT molecular complexity index is 664. The van der Waals surface area contributed by atoms with E-state index in [9.17, 15) is 13.7 Å². The molecule has 0 heterocycles. The van der Waals surface area contributed by atoms with E-state index < -0.39 is 23.0 Å². The zero-order valence-corrected chi connectivity index (χ0v) is 24.0. The van der Waals surface area contributed by atoms with Crippen molar-refractivity contribution in [3.8, 4) is 0 Å². The highest BCUT2D eigenvalue weighted by molar-refractivity contribution is 7.63. The molecule has 10 heteroatoms. The molecule has 0 aromatic heterocycles. The lowest BCUT2D eigenvalue weighted by Crippen LogP contribution is -2.03. The summed E-state index contributed by atoms with van der Waals surface area (Å²) in [6, 6.07) is 0. The normalized spacial score (nSPS) is 17.6. The van der Waals surface area contributed by atoms with Crippen LogP contribution in [0.4, 0.5) is 0 Å². The third kappa shape index (κ3) is 9.07. The molecule has 0 aliphatic rings. The molecule has 0 bridgehead atoms. The van der Waals surface area contributed by atoms with Crippen molar-refractivity contribution >= 4 is 23.0 Å². The minimum atomic E-state index is -3.07. The zero-order valence-electron chi connectivity index (χ0n) is 21.3. The third-order valence-electron chi connectivity index (χ3n) is 4.86. The molecule has 188 valence electrons. The van der Waals surface area contributed by atoms with Crippen LogP contribution >= 0.6 is 23.0 Å². The van der Waals surface area contributed by atoms with Gasteiger partial charge in [-0.1, -0.05) is 41.5 Å². The molecule has 0 fully saturated rings. The number of rotatable bonds is 18. The lowest BCUT2D eigenvalue weighted by molar-refractivity contribution is 0.296. The Hall–Kier alpha value is -0.440. The lowest BCUT2D eigenvalue weighted by atomic mass is 10.3. The van der Waals surface area contributed by atoms with Crippen molar-refractivity contribution in [1.82, 2.24) is 0 Å². The maximum absolute atomic E-state index is 13.5. The molecule has 0 radical (unpaired) electrons. The molecule has 0 spiro atoms. The first-order valence-corrected chi connectivity index (χ1v) is 16.6. The quantitative estimate of drug-likeness (QED) is 0.133. The molecule has 32 heavy (non-hydrogen) atoms. The summed E-state index contributed by atoms with van der Waals surface area (Å²) in [4.78, 5) is 0. The van der Waals surface area contributed by atoms with E-state index >= 15 is 0 Å². The van der Waals surface area contributed by atoms with Crippen molar-refractivity contribution in [3.63, 3.8) is 0 Å². The van der Waals surface area contributed by atoms with Crippen molar-refractivity contribution in [2.24, 2.45) is 0 Å². The van der Waals surface area contributed by atoms with E-state index in [0.717, 1.165) is 0 Å². The van der Waals surface area contributed by atoms with Crippen molar-refractivity contribution < 1.29 is 31.8 Å². The highest BCUT2D eigenvalue weighted by atomic mass is 31.2. The van der Waals surface area contributed by atoms with Gasteiger partial charge in [0.1, 0.15) is 0 Å². The average Bonchev–Trinajstić information content (AvgIpc) is 2.73. The monoisotopic (exact) mass is 513 g/mol. The second-order valence-corrected chi connectivity index (χ2v) is 13.2. The Kier molecular flexibility index (Phi) is 16.0. The summed E-state index contributed by atoms with van der Waals surface area (Å²) < 4.78 is 62.6. The largest absolute Gasteiger partial charge is 0.804 e. The third-order valence-corrected chi connectivity index (χ3v) is 11.8. The van der Waals surface area contributed by atoms with Crippen LogP contribution in [0.25, 0.3) is 0 Å². The van der Waals surface area contributed by atoms with E-state index in [1.807, 2.05) is 55.4 Å². The fourth-order valence-electron chi connectivity index (χ4n) is 3.66. The fraction of sp³-hybridized carbons (Fsp3) is 0.818. The Balaban J connectivity index is 6.10. The second-order valence-electron chi connectivity index (χ2n) is 7.19. The number of allylic oxidation sites excluding steroid dienone is 4. The van der Waals surface area contributed by atoms with Crippen LogP contribution in [0.15, 0.2) is 22.1 Å². The van der Waals surface area contributed by atoms with E-state index in [1.54, 1.807) is 0 Å². The van der Waals surface area contributed by atoms with Crippen LogP contribution in [0, 0.1) is 0 Å². The first-order chi connectivity index (χ1) is 15.2. The molecule has 0 aromatic rings. The molecular formula is C22H44O7P3+. The molecule has 7 nitrogen and oxygen atoms in total. The molecule has 0 amide bonds. The van der Waals surface area contributed by atoms with Gasteiger partial charge in [-0.2, -0.15) is 0 Å². The lowest BCUT2D eigenvalue weighted by Gasteiger charge is -2.21. The Morgan fingerprint density at radius 1 is 0.625 bits per heavy atom. The van der Waals surface area contributed by atoms with Crippen LogP contribution in [0.1, 0.15) is 93.9 Å². The molecule has 0 rings (SSSR count). The predicted octanol–water partition coefficient (Wildman–Crippen LogP) is 9.19. The van der Waals surface area contributed by atoms with Gasteiger partial charge < -0.3 is 9.05 Å². The summed E-state index contributed by atoms with van der Waals surface area (Å²) in [6.45, 7) is 15.7. The predicted molar refractivity (Wildman–Crippen MR) is 134 cm³/mol. The number of hydrogen-bond donors (Lipinski definition) is 0. The first-order valence-electron chi connectivity index (χ1n) is 11.9. The molecule has 0 saturated carbocycles. The first kappa shape index (κ1) is 31.6. The van der Waals surface area contributed by atoms with Gasteiger partial charge in [-0.25, -0.2) is 9.05 Å². The van der Waals surface area contributed by atoms with Crippen LogP contribution in [-0.4, -0.2) is 25.5 Å². The van der Waals surface area contributed by atoms with Gasteiger partial charge in [0.25, 0.3) is 0 Å². The molecule has 0 saturated heterocycles. The van der Waals surface area contributed by atoms with Crippen LogP contribution in [0.2, 0.25) is 0 Å². The van der Waals surface area contributed by atoms with Crippen molar-refractivity contribution in [1.29, 1.82) is 0 Å². The summed E-state index contributed by atoms with van der Waals surface area (Å²) >= 11 is 0. The van der Waals surface area contributed by atoms with Crippen molar-refractivity contribution in [2.75, 3.05) is 25.5 Å². The second kappa shape index (κ2) is 16.2. The molecule has 0 N–H and O–H groups in total. The van der Waals surface area contributed by atoms with Gasteiger partial charge in [0, 0.05) is 29.7 Å². The summed E-state index contributed by atoms with van der Waals surface area (Å²) in [5, 5.41) is 1.14. The molecule has 0 aliphatic heterocycles. The maximum Gasteiger partial charge on any atom is 0.804 e. The minimum absolute atomic E-state index is 0.327. The molecule has 0 aromatic carbocycles. The number of hydrogen-bond acceptors (Lipinski definition) is 7. The Morgan fingerprint density at radius 3 is 1.19 bits per heavy atom. The topological polar surface area (TPSA) is 88.1 Å². The minimum Gasteiger partial charge on any atom is -0.326 e. The molecule has 2 unspecified atom stereocenters. The van der Waals surface area contributed by atoms with Crippen LogP contribution < -0.4 is 0 Å². The van der Waals surface area contributed by atoms with E-state index in [0.29, 0.717) is 86.2 Å². The van der Waals surface area contributed by atoms with Gasteiger partial charge in [-0.3, -0.25) is 9.13 Å². The van der Waals surface area contributed by atoms with Gasteiger partial charge in [0.2, 0.25) is 14.7 Å². The Labute approximate surface area is 196 Å². The van der Waals surface area contributed by atoms with Gasteiger partial charge in [-0.05, 0) is 39.5 Å². The summed E-state index contributed by atoms with van der Waals surface area (Å²) in [5.41, 5.74) is 0. The molecular weight excluding hydrogens is 469 g/mol. The van der Waals surface area contributed by atoms with E-state index in [1.165, 1.54) is 0 Å². The van der Waals surface area contributed by atoms with Crippen LogP contribution in [-0.2, 0) is 31.8 Å². The smallest absolute Gasteiger partial charge is 0.326 e. The van der Waals surface area contributed by atoms with E-state index in [-0.39, 0.29) is 0 Å². The fourth-order valence-corrected chi connectivity index (χ4v) is 9.93. The van der Waals surface area contributed by atoms with Crippen molar-refractivity contribution in [2.45, 2.75) is 93.9 Å². The summed E-state index contributed by atoms with van der Waals surface area (Å²) in [7, 11) is -8.75. The van der Waals surface area contributed by atoms with Crippen molar-refractivity contribution in [3.05, 3.63) is 22.1 Å². The summed E-state index contributed by atoms with van der Waals surface area (Å²) in [6.07, 6.45) is 3.97. The van der Waals surface area contributed by atoms with Gasteiger partial charge >= 0.3 is 8.25 Å². The highest BCUT2D eigenvalue weighted by Crippen LogP contribution is 2.60. The van der Waals surface area contributed by atoms with Gasteiger partial charge in [0.05, 0.1) is 23.8 Å². The Morgan fingerprint density at radius 2 is 0.969 bits per heavy atom. The SMILES string of the molecule is CCCP(=O)(OCC)C(CC)=C(CC)O[P+](=O)OC(CC)=C(CC)P(=O)(CCC)OCC. The van der Waals surface area contributed by atoms with Crippen LogP contribution in [0.3, 0.4) is 0 Å². The molecule has 0 aliphatic carbocycles. The van der Waals surface area contributed by atoms with Gasteiger partial charge in [-0.15, -0.1) is 0 Å². The average molecular weight is 514 g/mol. The standard InChI is InChI=1S/C22H44O7P3/c1-9-17-31(24,26-15-7)21(13-5)19(11-3)28-30(23)29-20(12-4)22(14-6)32(25,18-10-2)27-16-8/h9-18H2,1-8H3/q+1. The summed E-state index contributed by atoms with van der Waals surface area (Å²) in [5.74, 6) is 0.766. The maximum atomic E-state index is 13.5. The molecule has 2 atom stereocenters. The van der Waals surface area contributed by atoms with Crippen LogP contribution in [0.5, 0.6) is 0 Å². The zero-order chi connectivity index (χ0) is 24.8. The van der Waals surface area contributed by atoms with E-state index in [4.69, 9.17) is 18.1 Å². The van der Waals surface area contributed by atoms with E-state index in [2.05, 4.69) is 0 Å².